The van der Waals surface area contributed by atoms with E-state index in [4.69, 9.17) is 0 Å². The van der Waals surface area contributed by atoms with E-state index in [2.05, 4.69) is 10.3 Å². The Balaban J connectivity index is 1.91. The van der Waals surface area contributed by atoms with Gasteiger partial charge in [-0.05, 0) is 36.4 Å². The monoisotopic (exact) mass is 369 g/mol. The maximum Gasteiger partial charge on any atom is 0.288 e. The van der Waals surface area contributed by atoms with Gasteiger partial charge in [0.05, 0.1) is 11.7 Å². The van der Waals surface area contributed by atoms with E-state index in [1.54, 1.807) is 0 Å². The lowest BCUT2D eigenvalue weighted by molar-refractivity contribution is -0.255. The normalized spacial score (nSPS) is 10.6. The predicted octanol–water partition coefficient (Wildman–Crippen LogP) is 2.49. The summed E-state index contributed by atoms with van der Waals surface area (Å²) in [5.74, 6) is -4.29. The molecule has 0 saturated carbocycles. The summed E-state index contributed by atoms with van der Waals surface area (Å²) in [4.78, 5) is 27.1. The van der Waals surface area contributed by atoms with Crippen LogP contribution in [0.2, 0.25) is 0 Å². The molecule has 126 valence electrons. The van der Waals surface area contributed by atoms with Gasteiger partial charge in [0, 0.05) is 22.3 Å². The Kier molecular flexibility index (Phi) is 6.56. The smallest absolute Gasteiger partial charge is 0.288 e. The molecule has 1 aromatic carbocycles. The van der Waals surface area contributed by atoms with Gasteiger partial charge in [-0.1, -0.05) is 23.5 Å². The highest BCUT2D eigenvalue weighted by Gasteiger charge is 2.09. The first-order valence-corrected chi connectivity index (χ1v) is 8.46. The van der Waals surface area contributed by atoms with Crippen LogP contribution in [0.25, 0.3) is 0 Å². The molecule has 0 unspecified atom stereocenters. The van der Waals surface area contributed by atoms with Gasteiger partial charge in [-0.25, -0.2) is 4.98 Å². The van der Waals surface area contributed by atoms with Crippen molar-refractivity contribution in [2.75, 3.05) is 11.1 Å². The highest BCUT2D eigenvalue weighted by Crippen LogP contribution is 2.26. The van der Waals surface area contributed by atoms with E-state index in [1.807, 2.05) is 0 Å². The number of carbonyl (C=O) groups excluding carboxylic acids is 2. The number of amides is 1. The number of pyridine rings is 1. The SMILES string of the molecule is O=C(CSc1ncccc1C(=O)[O-])Nc1ccc(SC(F)F)cc1. The average Bonchev–Trinajstić information content (AvgIpc) is 2.54. The first-order valence-electron chi connectivity index (χ1n) is 6.59. The molecule has 0 spiro atoms. The molecule has 24 heavy (non-hydrogen) atoms. The molecule has 0 atom stereocenters. The van der Waals surface area contributed by atoms with E-state index in [1.165, 1.54) is 42.6 Å². The van der Waals surface area contributed by atoms with Crippen LogP contribution in [0.15, 0.2) is 52.5 Å². The van der Waals surface area contributed by atoms with Crippen molar-refractivity contribution < 1.29 is 23.5 Å². The zero-order chi connectivity index (χ0) is 17.5. The number of nitrogens with zero attached hydrogens (tertiary/aromatic N) is 1. The Morgan fingerprint density at radius 1 is 1.21 bits per heavy atom. The van der Waals surface area contributed by atoms with Gasteiger partial charge in [-0.15, -0.1) is 0 Å². The van der Waals surface area contributed by atoms with Crippen molar-refractivity contribution in [3.8, 4) is 0 Å². The number of aromatic nitrogens is 1. The molecule has 0 bridgehead atoms. The highest BCUT2D eigenvalue weighted by molar-refractivity contribution is 8.00. The number of halogens is 2. The number of hydrogen-bond donors (Lipinski definition) is 1. The van der Waals surface area contributed by atoms with Crippen LogP contribution in [-0.4, -0.2) is 28.4 Å². The molecule has 0 saturated heterocycles. The average molecular weight is 369 g/mol. The summed E-state index contributed by atoms with van der Waals surface area (Å²) in [5, 5.41) is 13.7. The number of hydrogen-bond acceptors (Lipinski definition) is 6. The number of carboxylic acid groups (broad SMARTS) is 1. The molecule has 5 nitrogen and oxygen atoms in total. The number of rotatable bonds is 7. The Morgan fingerprint density at radius 2 is 1.92 bits per heavy atom. The van der Waals surface area contributed by atoms with Crippen LogP contribution >= 0.6 is 23.5 Å². The van der Waals surface area contributed by atoms with Gasteiger partial charge in [0.15, 0.2) is 0 Å². The van der Waals surface area contributed by atoms with Crippen molar-refractivity contribution in [2.45, 2.75) is 15.7 Å². The minimum Gasteiger partial charge on any atom is -0.545 e. The van der Waals surface area contributed by atoms with E-state index < -0.39 is 11.7 Å². The topological polar surface area (TPSA) is 82.1 Å². The third-order valence-corrected chi connectivity index (χ3v) is 4.42. The number of thioether (sulfide) groups is 2. The van der Waals surface area contributed by atoms with Gasteiger partial charge in [0.25, 0.3) is 5.76 Å². The molecule has 0 aliphatic heterocycles. The van der Waals surface area contributed by atoms with E-state index >= 15 is 0 Å². The lowest BCUT2D eigenvalue weighted by Crippen LogP contribution is -2.23. The van der Waals surface area contributed by atoms with Crippen molar-refractivity contribution in [3.63, 3.8) is 0 Å². The molecule has 1 aromatic heterocycles. The molecule has 0 fully saturated rings. The van der Waals surface area contributed by atoms with E-state index in [0.29, 0.717) is 22.3 Å². The predicted molar refractivity (Wildman–Crippen MR) is 86.2 cm³/mol. The van der Waals surface area contributed by atoms with Gasteiger partial charge in [0.2, 0.25) is 5.91 Å². The zero-order valence-electron chi connectivity index (χ0n) is 12.1. The molecule has 1 heterocycles. The van der Waals surface area contributed by atoms with Crippen LogP contribution in [0.3, 0.4) is 0 Å². The number of alkyl halides is 2. The number of benzene rings is 1. The van der Waals surface area contributed by atoms with Crippen LogP contribution in [0, 0.1) is 0 Å². The number of carboxylic acids is 1. The summed E-state index contributed by atoms with van der Waals surface area (Å²) in [7, 11) is 0. The Morgan fingerprint density at radius 3 is 2.54 bits per heavy atom. The highest BCUT2D eigenvalue weighted by atomic mass is 32.2. The Bertz CT molecular complexity index is 727. The second-order valence-corrected chi connectivity index (χ2v) is 6.41. The number of anilines is 1. The van der Waals surface area contributed by atoms with Crippen LogP contribution in [0.5, 0.6) is 0 Å². The first kappa shape index (κ1) is 18.2. The van der Waals surface area contributed by atoms with Crippen LogP contribution in [0.4, 0.5) is 14.5 Å². The van der Waals surface area contributed by atoms with Gasteiger partial charge < -0.3 is 15.2 Å². The molecule has 2 rings (SSSR count). The van der Waals surface area contributed by atoms with Crippen molar-refractivity contribution in [1.29, 1.82) is 0 Å². The molecule has 2 aromatic rings. The van der Waals surface area contributed by atoms with Crippen molar-refractivity contribution >= 4 is 41.1 Å². The quantitative estimate of drug-likeness (QED) is 0.755. The number of nitrogens with one attached hydrogen (secondary N) is 1. The van der Waals surface area contributed by atoms with Crippen LogP contribution in [0.1, 0.15) is 10.4 Å². The zero-order valence-corrected chi connectivity index (χ0v) is 13.7. The standard InChI is InChI=1S/C15H12F2N2O3S2/c16-15(17)24-10-5-3-9(4-6-10)19-12(20)8-23-13-11(14(21)22)2-1-7-18-13/h1-7,15H,8H2,(H,19,20)(H,21,22)/p-1. The Labute approximate surface area is 144 Å². The number of aromatic carboxylic acids is 1. The van der Waals surface area contributed by atoms with Gasteiger partial charge in [-0.2, -0.15) is 8.78 Å². The molecule has 0 aliphatic carbocycles. The fourth-order valence-corrected chi connectivity index (χ4v) is 2.99. The van der Waals surface area contributed by atoms with E-state index in [9.17, 15) is 23.5 Å². The second-order valence-electron chi connectivity index (χ2n) is 4.38. The molecule has 9 heteroatoms. The Hall–Kier alpha value is -2.13. The lowest BCUT2D eigenvalue weighted by Gasteiger charge is -2.09. The minimum absolute atomic E-state index is 0.0508. The summed E-state index contributed by atoms with van der Waals surface area (Å²) in [6.45, 7) is 0. The molecule has 0 aliphatic rings. The first-order chi connectivity index (χ1) is 11.5. The molecular weight excluding hydrogens is 358 g/mol. The summed E-state index contributed by atoms with van der Waals surface area (Å²) in [6.07, 6.45) is 1.42. The second kappa shape index (κ2) is 8.65. The van der Waals surface area contributed by atoms with Crippen LogP contribution in [-0.2, 0) is 4.79 Å². The van der Waals surface area contributed by atoms with Gasteiger partial charge in [-0.3, -0.25) is 4.79 Å². The van der Waals surface area contributed by atoms with E-state index in [0.717, 1.165) is 11.8 Å². The van der Waals surface area contributed by atoms with Crippen molar-refractivity contribution in [1.82, 2.24) is 4.98 Å². The van der Waals surface area contributed by atoms with Crippen molar-refractivity contribution in [2.24, 2.45) is 0 Å². The third-order valence-electron chi connectivity index (χ3n) is 2.69. The third kappa shape index (κ3) is 5.50. The van der Waals surface area contributed by atoms with Crippen molar-refractivity contribution in [3.05, 3.63) is 48.2 Å². The molecule has 1 amide bonds. The maximum atomic E-state index is 12.2. The minimum atomic E-state index is -2.50. The summed E-state index contributed by atoms with van der Waals surface area (Å²) < 4.78 is 24.4. The van der Waals surface area contributed by atoms with Gasteiger partial charge in [0.1, 0.15) is 5.03 Å². The molecular formula is C15H11F2N2O3S2-. The lowest BCUT2D eigenvalue weighted by atomic mass is 10.3. The fourth-order valence-electron chi connectivity index (χ4n) is 1.71. The van der Waals surface area contributed by atoms with Crippen LogP contribution < -0.4 is 10.4 Å². The maximum absolute atomic E-state index is 12.2. The molecule has 0 radical (unpaired) electrons. The fraction of sp³-hybridized carbons (Fsp3) is 0.133. The van der Waals surface area contributed by atoms with Gasteiger partial charge >= 0.3 is 0 Å². The number of carbonyl (C=O) groups is 2. The summed E-state index contributed by atoms with van der Waals surface area (Å²) >= 11 is 1.38. The largest absolute Gasteiger partial charge is 0.545 e. The van der Waals surface area contributed by atoms with E-state index in [-0.39, 0.29) is 22.2 Å². The summed E-state index contributed by atoms with van der Waals surface area (Å²) in [5.41, 5.74) is 0.379. The molecule has 1 N–H and O–H groups in total. The summed E-state index contributed by atoms with van der Waals surface area (Å²) in [6, 6.07) is 8.80.